The molecule has 0 unspecified atom stereocenters. The van der Waals surface area contributed by atoms with Crippen molar-refractivity contribution in [1.82, 2.24) is 4.90 Å². The van der Waals surface area contributed by atoms with Crippen molar-refractivity contribution >= 4 is 18.0 Å². The minimum absolute atomic E-state index is 0.157. The van der Waals surface area contributed by atoms with Crippen molar-refractivity contribution in [3.63, 3.8) is 0 Å². The van der Waals surface area contributed by atoms with Crippen LogP contribution in [-0.4, -0.2) is 37.0 Å². The fourth-order valence-electron chi connectivity index (χ4n) is 1.64. The van der Waals surface area contributed by atoms with Crippen molar-refractivity contribution in [2.75, 3.05) is 20.2 Å². The number of amides is 1. The number of nitrogens with zero attached hydrogens (tertiary/aromatic N) is 1. The van der Waals surface area contributed by atoms with Crippen molar-refractivity contribution in [2.24, 2.45) is 0 Å². The quantitative estimate of drug-likeness (QED) is 0.592. The molecule has 1 rings (SSSR count). The molecule has 0 radical (unpaired) electrons. The summed E-state index contributed by atoms with van der Waals surface area (Å²) in [6.07, 6.45) is 3.08. The van der Waals surface area contributed by atoms with Crippen molar-refractivity contribution < 1.29 is 18.7 Å². The third kappa shape index (κ3) is 5.22. The normalized spacial score (nSPS) is 10.6. The Morgan fingerprint density at radius 1 is 1.40 bits per heavy atom. The summed E-state index contributed by atoms with van der Waals surface area (Å²) in [4.78, 5) is 24.5. The van der Waals surface area contributed by atoms with Gasteiger partial charge in [0.2, 0.25) is 5.91 Å². The molecule has 1 amide bonds. The number of rotatable bonds is 6. The van der Waals surface area contributed by atoms with Crippen LogP contribution in [0.1, 0.15) is 18.9 Å². The molecule has 5 heteroatoms. The topological polar surface area (TPSA) is 46.6 Å². The van der Waals surface area contributed by atoms with Crippen molar-refractivity contribution in [1.29, 1.82) is 0 Å². The number of carbonyl (C=O) groups is 2. The van der Waals surface area contributed by atoms with Gasteiger partial charge in [0.15, 0.2) is 0 Å². The standard InChI is InChI=1S/C15H18FNO3/c1-3-17(10-9-15(19)20-2)14(18)8-7-12-5-4-6-13(16)11-12/h4-8,11H,3,9-10H2,1-2H3. The highest BCUT2D eigenvalue weighted by atomic mass is 19.1. The molecule has 0 aromatic heterocycles. The molecule has 108 valence electrons. The first-order chi connectivity index (χ1) is 9.56. The lowest BCUT2D eigenvalue weighted by molar-refractivity contribution is -0.141. The van der Waals surface area contributed by atoms with Crippen LogP contribution in [0.25, 0.3) is 6.08 Å². The van der Waals surface area contributed by atoms with Gasteiger partial charge in [-0.1, -0.05) is 12.1 Å². The fourth-order valence-corrected chi connectivity index (χ4v) is 1.64. The Kier molecular flexibility index (Phi) is 6.43. The zero-order valence-electron chi connectivity index (χ0n) is 11.6. The van der Waals surface area contributed by atoms with Crippen LogP contribution in [0.2, 0.25) is 0 Å². The molecule has 0 atom stereocenters. The highest BCUT2D eigenvalue weighted by Crippen LogP contribution is 2.06. The Balaban J connectivity index is 2.60. The molecule has 20 heavy (non-hydrogen) atoms. The number of benzene rings is 1. The molecule has 0 saturated heterocycles. The van der Waals surface area contributed by atoms with Gasteiger partial charge in [0, 0.05) is 19.2 Å². The van der Waals surface area contributed by atoms with Crippen molar-refractivity contribution in [3.05, 3.63) is 41.7 Å². The molecule has 1 aromatic carbocycles. The van der Waals surface area contributed by atoms with Gasteiger partial charge in [-0.25, -0.2) is 4.39 Å². The predicted octanol–water partition coefficient (Wildman–Crippen LogP) is 2.25. The van der Waals surface area contributed by atoms with Crippen LogP contribution in [0.4, 0.5) is 4.39 Å². The summed E-state index contributed by atoms with van der Waals surface area (Å²) in [7, 11) is 1.31. The van der Waals surface area contributed by atoms with E-state index in [2.05, 4.69) is 4.74 Å². The van der Waals surface area contributed by atoms with Gasteiger partial charge >= 0.3 is 5.97 Å². The first kappa shape index (κ1) is 15.9. The van der Waals surface area contributed by atoms with Crippen LogP contribution >= 0.6 is 0 Å². The highest BCUT2D eigenvalue weighted by molar-refractivity contribution is 5.92. The second-order valence-corrected chi connectivity index (χ2v) is 4.13. The molecule has 0 spiro atoms. The van der Waals surface area contributed by atoms with E-state index in [0.717, 1.165) is 0 Å². The summed E-state index contributed by atoms with van der Waals surface area (Å²) in [5.74, 6) is -0.927. The number of halogens is 1. The number of likely N-dealkylation sites (N-methyl/N-ethyl adjacent to an activating group) is 1. The molecule has 0 saturated carbocycles. The summed E-state index contributed by atoms with van der Waals surface area (Å²) >= 11 is 0. The molecule has 0 fully saturated rings. The first-order valence-corrected chi connectivity index (χ1v) is 6.36. The van der Waals surface area contributed by atoms with Crippen LogP contribution in [0.5, 0.6) is 0 Å². The zero-order valence-corrected chi connectivity index (χ0v) is 11.6. The third-order valence-electron chi connectivity index (χ3n) is 2.77. The van der Waals surface area contributed by atoms with Crippen LogP contribution in [-0.2, 0) is 14.3 Å². The van der Waals surface area contributed by atoms with Gasteiger partial charge in [0.1, 0.15) is 5.82 Å². The summed E-state index contributed by atoms with van der Waals surface area (Å²) in [6.45, 7) is 2.62. The van der Waals surface area contributed by atoms with Gasteiger partial charge in [0.05, 0.1) is 13.5 Å². The molecule has 0 aliphatic carbocycles. The number of hydrogen-bond acceptors (Lipinski definition) is 3. The Morgan fingerprint density at radius 3 is 2.75 bits per heavy atom. The molecule has 0 bridgehead atoms. The average molecular weight is 279 g/mol. The lowest BCUT2D eigenvalue weighted by atomic mass is 10.2. The first-order valence-electron chi connectivity index (χ1n) is 6.36. The van der Waals surface area contributed by atoms with E-state index in [0.29, 0.717) is 18.7 Å². The van der Waals surface area contributed by atoms with E-state index in [4.69, 9.17) is 0 Å². The highest BCUT2D eigenvalue weighted by Gasteiger charge is 2.10. The molecule has 1 aromatic rings. The van der Waals surface area contributed by atoms with Crippen LogP contribution in [0.3, 0.4) is 0 Å². The molecular weight excluding hydrogens is 261 g/mol. The summed E-state index contributed by atoms with van der Waals surface area (Å²) in [6, 6.07) is 5.97. The summed E-state index contributed by atoms with van der Waals surface area (Å²) in [5, 5.41) is 0. The number of hydrogen-bond donors (Lipinski definition) is 0. The molecule has 0 heterocycles. The van der Waals surface area contributed by atoms with E-state index in [-0.39, 0.29) is 24.1 Å². The Hall–Kier alpha value is -2.17. The van der Waals surface area contributed by atoms with E-state index in [1.54, 1.807) is 18.2 Å². The molecule has 0 N–H and O–H groups in total. The van der Waals surface area contributed by atoms with Crippen LogP contribution < -0.4 is 0 Å². The molecule has 4 nitrogen and oxygen atoms in total. The lowest BCUT2D eigenvalue weighted by Gasteiger charge is -2.18. The van der Waals surface area contributed by atoms with E-state index >= 15 is 0 Å². The molecule has 0 aliphatic rings. The minimum Gasteiger partial charge on any atom is -0.469 e. The fraction of sp³-hybridized carbons (Fsp3) is 0.333. The van der Waals surface area contributed by atoms with Gasteiger partial charge in [-0.3, -0.25) is 9.59 Å². The Labute approximate surface area is 117 Å². The SMILES string of the molecule is CCN(CCC(=O)OC)C(=O)C=Cc1cccc(F)c1. The maximum atomic E-state index is 13.0. The van der Waals surface area contributed by atoms with Gasteiger partial charge in [-0.05, 0) is 30.7 Å². The predicted molar refractivity (Wildman–Crippen MR) is 74.3 cm³/mol. The van der Waals surface area contributed by atoms with Gasteiger partial charge in [0.25, 0.3) is 0 Å². The minimum atomic E-state index is -0.356. The maximum absolute atomic E-state index is 13.0. The molecular formula is C15H18FNO3. The zero-order chi connectivity index (χ0) is 15.0. The van der Waals surface area contributed by atoms with E-state index in [1.807, 2.05) is 6.92 Å². The van der Waals surface area contributed by atoms with Gasteiger partial charge in [-0.15, -0.1) is 0 Å². The van der Waals surface area contributed by atoms with Crippen LogP contribution in [0.15, 0.2) is 30.3 Å². The van der Waals surface area contributed by atoms with Gasteiger partial charge < -0.3 is 9.64 Å². The largest absolute Gasteiger partial charge is 0.469 e. The van der Waals surface area contributed by atoms with E-state index < -0.39 is 0 Å². The number of ether oxygens (including phenoxy) is 1. The lowest BCUT2D eigenvalue weighted by Crippen LogP contribution is -2.31. The second kappa shape index (κ2) is 8.09. The average Bonchev–Trinajstić information content (AvgIpc) is 2.45. The molecule has 0 aliphatic heterocycles. The number of methoxy groups -OCH3 is 1. The van der Waals surface area contributed by atoms with Gasteiger partial charge in [-0.2, -0.15) is 0 Å². The van der Waals surface area contributed by atoms with Crippen molar-refractivity contribution in [3.8, 4) is 0 Å². The van der Waals surface area contributed by atoms with E-state index in [1.165, 1.54) is 30.2 Å². The second-order valence-electron chi connectivity index (χ2n) is 4.13. The summed E-state index contributed by atoms with van der Waals surface area (Å²) in [5.41, 5.74) is 0.613. The Morgan fingerprint density at radius 2 is 2.15 bits per heavy atom. The maximum Gasteiger partial charge on any atom is 0.307 e. The third-order valence-corrected chi connectivity index (χ3v) is 2.77. The monoisotopic (exact) mass is 279 g/mol. The smallest absolute Gasteiger partial charge is 0.307 e. The Bertz CT molecular complexity index is 500. The van der Waals surface area contributed by atoms with E-state index in [9.17, 15) is 14.0 Å². The van der Waals surface area contributed by atoms with Crippen LogP contribution in [0, 0.1) is 5.82 Å². The number of esters is 1. The summed E-state index contributed by atoms with van der Waals surface area (Å²) < 4.78 is 17.5. The van der Waals surface area contributed by atoms with Crippen molar-refractivity contribution in [2.45, 2.75) is 13.3 Å². The number of carbonyl (C=O) groups excluding carboxylic acids is 2.